The minimum atomic E-state index is -0.263. The molecule has 1 unspecified atom stereocenters. The van der Waals surface area contributed by atoms with E-state index >= 15 is 0 Å². The van der Waals surface area contributed by atoms with E-state index in [0.29, 0.717) is 0 Å². The van der Waals surface area contributed by atoms with E-state index in [0.717, 1.165) is 11.4 Å². The van der Waals surface area contributed by atoms with Crippen LogP contribution in [0.2, 0.25) is 0 Å². The molecule has 0 radical (unpaired) electrons. The quantitative estimate of drug-likeness (QED) is 0.615. The van der Waals surface area contributed by atoms with Gasteiger partial charge in [-0.2, -0.15) is 0 Å². The zero-order valence-electron chi connectivity index (χ0n) is 9.78. The first kappa shape index (κ1) is 11.9. The zero-order chi connectivity index (χ0) is 11.5. The number of hydrogen-bond acceptors (Lipinski definition) is 3. The Morgan fingerprint density at radius 1 is 1.13 bits per heavy atom. The Bertz CT molecular complexity index is 300. The number of benzene rings is 1. The van der Waals surface area contributed by atoms with Crippen molar-refractivity contribution in [3.05, 3.63) is 24.3 Å². The number of nitrogen functional groups attached to an aromatic ring is 1. The van der Waals surface area contributed by atoms with E-state index in [1.165, 1.54) is 0 Å². The molecule has 0 spiro atoms. The molecule has 2 N–H and O–H groups in total. The maximum absolute atomic E-state index is 5.71. The van der Waals surface area contributed by atoms with Crippen LogP contribution in [0.3, 0.4) is 0 Å². The summed E-state index contributed by atoms with van der Waals surface area (Å²) in [6.07, 6.45) is -0.263. The maximum atomic E-state index is 5.71. The second-order valence-electron chi connectivity index (χ2n) is 4.62. The SMILES string of the molecule is COC(Oc1ccc(N)cc1)C(C)(C)C. The van der Waals surface area contributed by atoms with E-state index in [-0.39, 0.29) is 11.7 Å². The molecule has 3 heteroatoms. The first-order valence-electron chi connectivity index (χ1n) is 4.98. The molecule has 84 valence electrons. The molecule has 0 aromatic heterocycles. The molecular formula is C12H19NO2. The molecule has 0 amide bonds. The lowest BCUT2D eigenvalue weighted by molar-refractivity contribution is -0.120. The Morgan fingerprint density at radius 3 is 2.07 bits per heavy atom. The Kier molecular flexibility index (Phi) is 3.58. The van der Waals surface area contributed by atoms with E-state index in [1.54, 1.807) is 7.11 Å². The number of nitrogens with two attached hydrogens (primary N) is 1. The van der Waals surface area contributed by atoms with Crippen LogP contribution in [0.15, 0.2) is 24.3 Å². The van der Waals surface area contributed by atoms with Gasteiger partial charge in [0.15, 0.2) is 0 Å². The van der Waals surface area contributed by atoms with Crippen LogP contribution in [-0.4, -0.2) is 13.4 Å². The summed E-state index contributed by atoms with van der Waals surface area (Å²) in [4.78, 5) is 0. The lowest BCUT2D eigenvalue weighted by Gasteiger charge is -2.29. The Morgan fingerprint density at radius 2 is 1.67 bits per heavy atom. The molecule has 3 nitrogen and oxygen atoms in total. The summed E-state index contributed by atoms with van der Waals surface area (Å²) in [6, 6.07) is 7.30. The van der Waals surface area contributed by atoms with Gasteiger partial charge in [0.2, 0.25) is 6.29 Å². The van der Waals surface area contributed by atoms with Crippen LogP contribution in [0, 0.1) is 5.41 Å². The molecule has 0 aliphatic carbocycles. The summed E-state index contributed by atoms with van der Waals surface area (Å²) in [5, 5.41) is 0. The molecule has 0 saturated carbocycles. The molecule has 1 rings (SSSR count). The van der Waals surface area contributed by atoms with Gasteiger partial charge in [-0.25, -0.2) is 0 Å². The normalized spacial score (nSPS) is 13.6. The smallest absolute Gasteiger partial charge is 0.204 e. The Labute approximate surface area is 91.2 Å². The van der Waals surface area contributed by atoms with Gasteiger partial charge in [-0.1, -0.05) is 20.8 Å². The Balaban J connectivity index is 2.71. The van der Waals surface area contributed by atoms with Crippen molar-refractivity contribution in [3.63, 3.8) is 0 Å². The molecule has 0 aliphatic heterocycles. The number of methoxy groups -OCH3 is 1. The van der Waals surface area contributed by atoms with Crippen molar-refractivity contribution in [2.45, 2.75) is 27.1 Å². The van der Waals surface area contributed by atoms with E-state index in [2.05, 4.69) is 20.8 Å². The average Bonchev–Trinajstić information content (AvgIpc) is 2.15. The van der Waals surface area contributed by atoms with Crippen molar-refractivity contribution in [3.8, 4) is 5.75 Å². The van der Waals surface area contributed by atoms with Crippen molar-refractivity contribution in [2.75, 3.05) is 12.8 Å². The standard InChI is InChI=1S/C12H19NO2/c1-12(2,3)11(14-4)15-10-7-5-9(13)6-8-10/h5-8,11H,13H2,1-4H3. The van der Waals surface area contributed by atoms with Crippen LogP contribution < -0.4 is 10.5 Å². The maximum Gasteiger partial charge on any atom is 0.204 e. The molecule has 0 saturated heterocycles. The van der Waals surface area contributed by atoms with E-state index < -0.39 is 0 Å². The van der Waals surface area contributed by atoms with Crippen LogP contribution in [0.1, 0.15) is 20.8 Å². The minimum Gasteiger partial charge on any atom is -0.464 e. The summed E-state index contributed by atoms with van der Waals surface area (Å²) in [5.41, 5.74) is 6.26. The molecule has 0 heterocycles. The highest BCUT2D eigenvalue weighted by Gasteiger charge is 2.26. The van der Waals surface area contributed by atoms with Gasteiger partial charge in [-0.3, -0.25) is 0 Å². The molecule has 1 aromatic carbocycles. The highest BCUT2D eigenvalue weighted by molar-refractivity contribution is 5.41. The average molecular weight is 209 g/mol. The summed E-state index contributed by atoms with van der Waals surface area (Å²) in [7, 11) is 1.65. The molecule has 1 aromatic rings. The van der Waals surface area contributed by atoms with Crippen molar-refractivity contribution in [2.24, 2.45) is 5.41 Å². The van der Waals surface area contributed by atoms with Gasteiger partial charge >= 0.3 is 0 Å². The molecule has 1 atom stereocenters. The van der Waals surface area contributed by atoms with Crippen LogP contribution in [0.4, 0.5) is 5.69 Å². The highest BCUT2D eigenvalue weighted by Crippen LogP contribution is 2.25. The molecule has 0 bridgehead atoms. The third-order valence-corrected chi connectivity index (χ3v) is 2.04. The number of rotatable bonds is 3. The topological polar surface area (TPSA) is 44.5 Å². The molecule has 0 aliphatic rings. The summed E-state index contributed by atoms with van der Waals surface area (Å²) < 4.78 is 11.0. The van der Waals surface area contributed by atoms with Gasteiger partial charge in [-0.15, -0.1) is 0 Å². The molecule has 15 heavy (non-hydrogen) atoms. The minimum absolute atomic E-state index is 0.0594. The van der Waals surface area contributed by atoms with Crippen LogP contribution in [0.25, 0.3) is 0 Å². The van der Waals surface area contributed by atoms with Gasteiger partial charge < -0.3 is 15.2 Å². The van der Waals surface area contributed by atoms with Crippen molar-refractivity contribution in [1.82, 2.24) is 0 Å². The first-order valence-corrected chi connectivity index (χ1v) is 4.98. The largest absolute Gasteiger partial charge is 0.464 e. The van der Waals surface area contributed by atoms with E-state index in [9.17, 15) is 0 Å². The highest BCUT2D eigenvalue weighted by atomic mass is 16.7. The van der Waals surface area contributed by atoms with Crippen molar-refractivity contribution < 1.29 is 9.47 Å². The van der Waals surface area contributed by atoms with Crippen LogP contribution in [-0.2, 0) is 4.74 Å². The second kappa shape index (κ2) is 4.53. The van der Waals surface area contributed by atoms with Gasteiger partial charge in [0.25, 0.3) is 0 Å². The third kappa shape index (κ3) is 3.44. The monoisotopic (exact) mass is 209 g/mol. The van der Waals surface area contributed by atoms with Gasteiger partial charge in [0, 0.05) is 18.2 Å². The van der Waals surface area contributed by atoms with E-state index in [1.807, 2.05) is 24.3 Å². The van der Waals surface area contributed by atoms with E-state index in [4.69, 9.17) is 15.2 Å². The lowest BCUT2D eigenvalue weighted by atomic mass is 9.96. The predicted molar refractivity (Wildman–Crippen MR) is 61.7 cm³/mol. The number of ether oxygens (including phenoxy) is 2. The fraction of sp³-hybridized carbons (Fsp3) is 0.500. The molecule has 0 fully saturated rings. The number of anilines is 1. The number of hydrogen-bond donors (Lipinski definition) is 1. The third-order valence-electron chi connectivity index (χ3n) is 2.04. The van der Waals surface area contributed by atoms with Crippen LogP contribution in [0.5, 0.6) is 5.75 Å². The first-order chi connectivity index (χ1) is 6.93. The van der Waals surface area contributed by atoms with Gasteiger partial charge in [0.1, 0.15) is 5.75 Å². The van der Waals surface area contributed by atoms with Crippen molar-refractivity contribution in [1.29, 1.82) is 0 Å². The summed E-state index contributed by atoms with van der Waals surface area (Å²) in [6.45, 7) is 6.20. The van der Waals surface area contributed by atoms with Crippen LogP contribution >= 0.6 is 0 Å². The fourth-order valence-electron chi connectivity index (χ4n) is 1.25. The zero-order valence-corrected chi connectivity index (χ0v) is 9.78. The predicted octanol–water partition coefficient (Wildman–Crippen LogP) is 2.67. The molecular weight excluding hydrogens is 190 g/mol. The lowest BCUT2D eigenvalue weighted by Crippen LogP contribution is -2.33. The van der Waals surface area contributed by atoms with Gasteiger partial charge in [-0.05, 0) is 24.3 Å². The van der Waals surface area contributed by atoms with Crippen molar-refractivity contribution >= 4 is 5.69 Å². The summed E-state index contributed by atoms with van der Waals surface area (Å²) >= 11 is 0. The Hall–Kier alpha value is -1.22. The fourth-order valence-corrected chi connectivity index (χ4v) is 1.25. The van der Waals surface area contributed by atoms with Gasteiger partial charge in [0.05, 0.1) is 0 Å². The summed E-state index contributed by atoms with van der Waals surface area (Å²) in [5.74, 6) is 0.769. The second-order valence-corrected chi connectivity index (χ2v) is 4.62.